The van der Waals surface area contributed by atoms with Crippen molar-refractivity contribution in [2.45, 2.75) is 26.7 Å². The molecular formula is C21H28N4O2. The standard InChI is InChI=1S/C21H28N4O2/c1-5-13-22-20(26)18-14-17(11-12-19(18)25(3)4)24-21(27)23-16-9-7-15(6-2)8-10-16/h7-12,14H,5-6,13H2,1-4H3,(H,22,26)(H2,23,24,27). The Hall–Kier alpha value is -3.02. The second-order valence-electron chi connectivity index (χ2n) is 6.51. The van der Waals surface area contributed by atoms with E-state index in [1.807, 2.05) is 56.3 Å². The van der Waals surface area contributed by atoms with Gasteiger partial charge in [-0.2, -0.15) is 0 Å². The van der Waals surface area contributed by atoms with Gasteiger partial charge in [0.25, 0.3) is 5.91 Å². The number of carbonyl (C=O) groups excluding carboxylic acids is 2. The lowest BCUT2D eigenvalue weighted by Gasteiger charge is -2.18. The van der Waals surface area contributed by atoms with Crippen molar-refractivity contribution in [1.29, 1.82) is 0 Å². The van der Waals surface area contributed by atoms with Crippen LogP contribution in [0.2, 0.25) is 0 Å². The molecule has 0 bridgehead atoms. The van der Waals surface area contributed by atoms with E-state index in [4.69, 9.17) is 0 Å². The Bertz CT molecular complexity index is 785. The maximum Gasteiger partial charge on any atom is 0.323 e. The number of benzene rings is 2. The molecule has 2 rings (SSSR count). The van der Waals surface area contributed by atoms with Gasteiger partial charge in [-0.25, -0.2) is 4.79 Å². The van der Waals surface area contributed by atoms with Gasteiger partial charge in [-0.1, -0.05) is 26.0 Å². The molecule has 27 heavy (non-hydrogen) atoms. The quantitative estimate of drug-likeness (QED) is 0.689. The number of rotatable bonds is 7. The van der Waals surface area contributed by atoms with Gasteiger partial charge >= 0.3 is 6.03 Å². The zero-order valence-corrected chi connectivity index (χ0v) is 16.4. The molecule has 6 nitrogen and oxygen atoms in total. The summed E-state index contributed by atoms with van der Waals surface area (Å²) in [5.74, 6) is -0.153. The molecule has 3 N–H and O–H groups in total. The number of amides is 3. The Labute approximate surface area is 161 Å². The first-order valence-corrected chi connectivity index (χ1v) is 9.21. The van der Waals surface area contributed by atoms with Crippen molar-refractivity contribution in [2.75, 3.05) is 36.2 Å². The Morgan fingerprint density at radius 2 is 1.56 bits per heavy atom. The summed E-state index contributed by atoms with van der Waals surface area (Å²) in [6, 6.07) is 12.7. The number of nitrogens with one attached hydrogen (secondary N) is 3. The molecular weight excluding hydrogens is 340 g/mol. The molecule has 144 valence electrons. The first-order chi connectivity index (χ1) is 12.9. The van der Waals surface area contributed by atoms with Gasteiger partial charge in [0.15, 0.2) is 0 Å². The first-order valence-electron chi connectivity index (χ1n) is 9.21. The number of urea groups is 1. The van der Waals surface area contributed by atoms with E-state index < -0.39 is 0 Å². The largest absolute Gasteiger partial charge is 0.377 e. The minimum atomic E-state index is -0.350. The highest BCUT2D eigenvalue weighted by Gasteiger charge is 2.14. The third kappa shape index (κ3) is 5.74. The van der Waals surface area contributed by atoms with E-state index in [9.17, 15) is 9.59 Å². The van der Waals surface area contributed by atoms with Gasteiger partial charge in [-0.3, -0.25) is 4.79 Å². The molecule has 0 unspecified atom stereocenters. The predicted molar refractivity (Wildman–Crippen MR) is 112 cm³/mol. The third-order valence-corrected chi connectivity index (χ3v) is 4.14. The first kappa shape index (κ1) is 20.3. The monoisotopic (exact) mass is 368 g/mol. The van der Waals surface area contributed by atoms with Gasteiger partial charge in [-0.15, -0.1) is 0 Å². The van der Waals surface area contributed by atoms with Gasteiger partial charge in [-0.05, 0) is 48.7 Å². The molecule has 0 fully saturated rings. The topological polar surface area (TPSA) is 73.5 Å². The third-order valence-electron chi connectivity index (χ3n) is 4.14. The highest BCUT2D eigenvalue weighted by molar-refractivity contribution is 6.03. The molecule has 0 aliphatic rings. The van der Waals surface area contributed by atoms with Crippen LogP contribution in [0.25, 0.3) is 0 Å². The Kier molecular flexibility index (Phi) is 7.23. The van der Waals surface area contributed by atoms with Crippen LogP contribution in [0.1, 0.15) is 36.2 Å². The van der Waals surface area contributed by atoms with E-state index >= 15 is 0 Å². The molecule has 0 aliphatic carbocycles. The highest BCUT2D eigenvalue weighted by atomic mass is 16.2. The summed E-state index contributed by atoms with van der Waals surface area (Å²) in [5.41, 5.74) is 3.81. The summed E-state index contributed by atoms with van der Waals surface area (Å²) >= 11 is 0. The average molecular weight is 368 g/mol. The summed E-state index contributed by atoms with van der Waals surface area (Å²) in [6.45, 7) is 4.70. The van der Waals surface area contributed by atoms with Crippen LogP contribution < -0.4 is 20.9 Å². The molecule has 2 aromatic carbocycles. The summed E-state index contributed by atoms with van der Waals surface area (Å²) in [7, 11) is 3.76. The number of nitrogens with zero attached hydrogens (tertiary/aromatic N) is 1. The van der Waals surface area contributed by atoms with Gasteiger partial charge in [0.05, 0.1) is 5.56 Å². The molecule has 0 saturated heterocycles. The minimum absolute atomic E-state index is 0.153. The lowest BCUT2D eigenvalue weighted by molar-refractivity contribution is 0.0954. The summed E-state index contributed by atoms with van der Waals surface area (Å²) in [6.07, 6.45) is 1.81. The Morgan fingerprint density at radius 3 is 2.15 bits per heavy atom. The van der Waals surface area contributed by atoms with Crippen LogP contribution >= 0.6 is 0 Å². The zero-order chi connectivity index (χ0) is 19.8. The van der Waals surface area contributed by atoms with Crippen molar-refractivity contribution >= 4 is 29.0 Å². The van der Waals surface area contributed by atoms with E-state index in [0.717, 1.165) is 24.2 Å². The van der Waals surface area contributed by atoms with Crippen molar-refractivity contribution in [3.63, 3.8) is 0 Å². The van der Waals surface area contributed by atoms with Gasteiger partial charge < -0.3 is 20.9 Å². The zero-order valence-electron chi connectivity index (χ0n) is 16.4. The molecule has 0 saturated carbocycles. The predicted octanol–water partition coefficient (Wildman–Crippen LogP) is 4.10. The maximum atomic E-state index is 12.5. The van der Waals surface area contributed by atoms with Gasteiger partial charge in [0.1, 0.15) is 0 Å². The molecule has 0 radical (unpaired) electrons. The van der Waals surface area contributed by atoms with E-state index in [-0.39, 0.29) is 11.9 Å². The van der Waals surface area contributed by atoms with Crippen LogP contribution in [0.5, 0.6) is 0 Å². The van der Waals surface area contributed by atoms with Crippen molar-refractivity contribution in [2.24, 2.45) is 0 Å². The molecule has 0 aliphatic heterocycles. The fourth-order valence-electron chi connectivity index (χ4n) is 2.64. The van der Waals surface area contributed by atoms with Crippen molar-refractivity contribution in [3.8, 4) is 0 Å². The van der Waals surface area contributed by atoms with E-state index in [1.54, 1.807) is 12.1 Å². The van der Waals surface area contributed by atoms with Crippen molar-refractivity contribution in [3.05, 3.63) is 53.6 Å². The van der Waals surface area contributed by atoms with Crippen LogP contribution in [0.15, 0.2) is 42.5 Å². The summed E-state index contributed by atoms with van der Waals surface area (Å²) < 4.78 is 0. The fourth-order valence-corrected chi connectivity index (χ4v) is 2.64. The second-order valence-corrected chi connectivity index (χ2v) is 6.51. The molecule has 2 aromatic rings. The van der Waals surface area contributed by atoms with Crippen molar-refractivity contribution < 1.29 is 9.59 Å². The molecule has 0 aromatic heterocycles. The van der Waals surface area contributed by atoms with E-state index in [0.29, 0.717) is 17.8 Å². The maximum absolute atomic E-state index is 12.5. The number of hydrogen-bond donors (Lipinski definition) is 3. The van der Waals surface area contributed by atoms with Crippen LogP contribution in [-0.4, -0.2) is 32.6 Å². The SMILES string of the molecule is CCCNC(=O)c1cc(NC(=O)Nc2ccc(CC)cc2)ccc1N(C)C. The van der Waals surface area contributed by atoms with Gasteiger partial charge in [0.2, 0.25) is 0 Å². The molecule has 6 heteroatoms. The van der Waals surface area contributed by atoms with Crippen LogP contribution in [0.3, 0.4) is 0 Å². The Balaban J connectivity index is 2.12. The van der Waals surface area contributed by atoms with Gasteiger partial charge in [0, 0.05) is 37.7 Å². The lowest BCUT2D eigenvalue weighted by Crippen LogP contribution is -2.27. The molecule has 0 heterocycles. The number of carbonyl (C=O) groups is 2. The molecule has 3 amide bonds. The van der Waals surface area contributed by atoms with E-state index in [2.05, 4.69) is 22.9 Å². The van der Waals surface area contributed by atoms with Crippen molar-refractivity contribution in [1.82, 2.24) is 5.32 Å². The highest BCUT2D eigenvalue weighted by Crippen LogP contribution is 2.23. The summed E-state index contributed by atoms with van der Waals surface area (Å²) in [5, 5.41) is 8.47. The average Bonchev–Trinajstić information content (AvgIpc) is 2.66. The smallest absolute Gasteiger partial charge is 0.323 e. The molecule has 0 spiro atoms. The molecule has 0 atom stereocenters. The normalized spacial score (nSPS) is 10.2. The van der Waals surface area contributed by atoms with Crippen LogP contribution in [0, 0.1) is 0 Å². The minimum Gasteiger partial charge on any atom is -0.377 e. The summed E-state index contributed by atoms with van der Waals surface area (Å²) in [4.78, 5) is 26.6. The van der Waals surface area contributed by atoms with Crippen LogP contribution in [-0.2, 0) is 6.42 Å². The number of anilines is 3. The lowest BCUT2D eigenvalue weighted by atomic mass is 10.1. The second kappa shape index (κ2) is 9.62. The number of hydrogen-bond acceptors (Lipinski definition) is 3. The van der Waals surface area contributed by atoms with E-state index in [1.165, 1.54) is 5.56 Å². The number of aryl methyl sites for hydroxylation is 1. The van der Waals surface area contributed by atoms with Crippen LogP contribution in [0.4, 0.5) is 21.9 Å². The Morgan fingerprint density at radius 1 is 0.926 bits per heavy atom. The fraction of sp³-hybridized carbons (Fsp3) is 0.333.